The summed E-state index contributed by atoms with van der Waals surface area (Å²) >= 11 is 6.19. The normalized spacial score (nSPS) is 10.9. The van der Waals surface area contributed by atoms with Crippen LogP contribution in [0.25, 0.3) is 22.2 Å². The maximum Gasteiger partial charge on any atom is 0.213 e. The van der Waals surface area contributed by atoms with Crippen molar-refractivity contribution in [1.82, 2.24) is 5.16 Å². The molecule has 0 amide bonds. The molecule has 0 aliphatic heterocycles. The first kappa shape index (κ1) is 13.7. The van der Waals surface area contributed by atoms with Crippen LogP contribution in [0.1, 0.15) is 0 Å². The molecule has 21 heavy (non-hydrogen) atoms. The van der Waals surface area contributed by atoms with Crippen LogP contribution >= 0.6 is 11.6 Å². The number of methoxy groups -OCH3 is 2. The van der Waals surface area contributed by atoms with Gasteiger partial charge in [0.2, 0.25) is 11.3 Å². The minimum absolute atomic E-state index is 0.316. The Morgan fingerprint density at radius 2 is 1.76 bits per heavy atom. The fraction of sp³-hybridized carbons (Fsp3) is 0.133. The highest BCUT2D eigenvalue weighted by Gasteiger charge is 2.21. The minimum atomic E-state index is -0.316. The van der Waals surface area contributed by atoms with Crippen molar-refractivity contribution >= 4 is 22.6 Å². The molecule has 0 aliphatic rings. The Hall–Kier alpha value is -2.27. The minimum Gasteiger partial charge on any atom is -0.491 e. The van der Waals surface area contributed by atoms with Crippen molar-refractivity contribution in [3.05, 3.63) is 41.2 Å². The van der Waals surface area contributed by atoms with E-state index in [1.165, 1.54) is 26.4 Å². The summed E-state index contributed by atoms with van der Waals surface area (Å²) in [5.41, 5.74) is 1.71. The molecule has 3 aromatic rings. The molecule has 0 unspecified atom stereocenters. The van der Waals surface area contributed by atoms with Crippen molar-refractivity contribution in [3.8, 4) is 22.8 Å². The number of hydrogen-bond donors (Lipinski definition) is 0. The Balaban J connectivity index is 2.27. The zero-order valence-electron chi connectivity index (χ0n) is 11.3. The number of rotatable bonds is 3. The maximum absolute atomic E-state index is 13.0. The third-order valence-corrected chi connectivity index (χ3v) is 3.44. The van der Waals surface area contributed by atoms with Crippen LogP contribution in [0, 0.1) is 5.82 Å². The van der Waals surface area contributed by atoms with Crippen molar-refractivity contribution in [1.29, 1.82) is 0 Å². The number of benzene rings is 2. The largest absolute Gasteiger partial charge is 0.491 e. The summed E-state index contributed by atoms with van der Waals surface area (Å²) in [6, 6.07) is 7.65. The highest BCUT2D eigenvalue weighted by atomic mass is 35.5. The van der Waals surface area contributed by atoms with Crippen LogP contribution in [0.15, 0.2) is 34.9 Å². The van der Waals surface area contributed by atoms with Gasteiger partial charge in [0, 0.05) is 5.56 Å². The number of fused-ring (bicyclic) bond motifs is 1. The van der Waals surface area contributed by atoms with E-state index in [1.807, 2.05) is 0 Å². The lowest BCUT2D eigenvalue weighted by Crippen LogP contribution is -1.92. The smallest absolute Gasteiger partial charge is 0.213 e. The van der Waals surface area contributed by atoms with Gasteiger partial charge in [-0.2, -0.15) is 0 Å². The van der Waals surface area contributed by atoms with Crippen LogP contribution in [0.5, 0.6) is 11.5 Å². The van der Waals surface area contributed by atoms with E-state index in [2.05, 4.69) is 5.16 Å². The zero-order valence-corrected chi connectivity index (χ0v) is 12.1. The number of halogens is 2. The SMILES string of the molecule is COc1c(Cl)cc2c(-c3ccc(F)cc3)noc2c1OC. The second-order valence-electron chi connectivity index (χ2n) is 4.34. The zero-order chi connectivity index (χ0) is 15.0. The van der Waals surface area contributed by atoms with Crippen LogP contribution in [0.4, 0.5) is 4.39 Å². The molecule has 0 N–H and O–H groups in total. The van der Waals surface area contributed by atoms with E-state index in [0.29, 0.717) is 33.2 Å². The summed E-state index contributed by atoms with van der Waals surface area (Å²) in [6.45, 7) is 0. The summed E-state index contributed by atoms with van der Waals surface area (Å²) < 4.78 is 28.9. The summed E-state index contributed by atoms with van der Waals surface area (Å²) in [6.07, 6.45) is 0. The Bertz CT molecular complexity index is 799. The van der Waals surface area contributed by atoms with E-state index in [9.17, 15) is 4.39 Å². The molecule has 108 valence electrons. The first-order valence-corrected chi connectivity index (χ1v) is 6.49. The van der Waals surface area contributed by atoms with E-state index in [1.54, 1.807) is 18.2 Å². The standard InChI is InChI=1S/C15H11ClFNO3/c1-19-14-11(16)7-10-12(8-3-5-9(17)6-4-8)18-21-13(10)15(14)20-2/h3-7H,1-2H3. The van der Waals surface area contributed by atoms with Crippen molar-refractivity contribution in [2.24, 2.45) is 0 Å². The molecule has 2 aromatic carbocycles. The van der Waals surface area contributed by atoms with Gasteiger partial charge in [-0.05, 0) is 30.3 Å². The fourth-order valence-electron chi connectivity index (χ4n) is 2.19. The van der Waals surface area contributed by atoms with Crippen LogP contribution in [0.2, 0.25) is 5.02 Å². The lowest BCUT2D eigenvalue weighted by atomic mass is 10.1. The predicted molar refractivity (Wildman–Crippen MR) is 77.5 cm³/mol. The molecule has 4 nitrogen and oxygen atoms in total. The molecule has 0 aliphatic carbocycles. The van der Waals surface area contributed by atoms with Crippen molar-refractivity contribution < 1.29 is 18.4 Å². The molecule has 0 saturated heterocycles. The lowest BCUT2D eigenvalue weighted by molar-refractivity contribution is 0.348. The van der Waals surface area contributed by atoms with Crippen LogP contribution < -0.4 is 9.47 Å². The highest BCUT2D eigenvalue weighted by Crippen LogP contribution is 2.44. The Morgan fingerprint density at radius 3 is 2.38 bits per heavy atom. The number of hydrogen-bond acceptors (Lipinski definition) is 4. The van der Waals surface area contributed by atoms with Gasteiger partial charge in [-0.15, -0.1) is 0 Å². The maximum atomic E-state index is 13.0. The molecule has 0 atom stereocenters. The summed E-state index contributed by atoms with van der Waals surface area (Å²) in [4.78, 5) is 0. The van der Waals surface area contributed by atoms with Crippen LogP contribution in [-0.4, -0.2) is 19.4 Å². The molecule has 0 saturated carbocycles. The molecule has 0 radical (unpaired) electrons. The Kier molecular flexibility index (Phi) is 3.43. The quantitative estimate of drug-likeness (QED) is 0.723. The van der Waals surface area contributed by atoms with E-state index < -0.39 is 0 Å². The topological polar surface area (TPSA) is 44.5 Å². The van der Waals surface area contributed by atoms with E-state index in [-0.39, 0.29) is 5.82 Å². The first-order chi connectivity index (χ1) is 10.2. The second-order valence-corrected chi connectivity index (χ2v) is 4.75. The molecule has 0 fully saturated rings. The number of ether oxygens (including phenoxy) is 2. The average Bonchev–Trinajstić information content (AvgIpc) is 2.90. The third kappa shape index (κ3) is 2.19. The molecule has 1 aromatic heterocycles. The Labute approximate surface area is 125 Å². The molecule has 6 heteroatoms. The average molecular weight is 308 g/mol. The molecular weight excluding hydrogens is 297 g/mol. The van der Waals surface area contributed by atoms with Gasteiger partial charge in [0.25, 0.3) is 0 Å². The molecule has 3 rings (SSSR count). The molecule has 0 bridgehead atoms. The number of nitrogens with zero attached hydrogens (tertiary/aromatic N) is 1. The van der Waals surface area contributed by atoms with E-state index in [0.717, 1.165) is 5.56 Å². The van der Waals surface area contributed by atoms with Gasteiger partial charge in [0.1, 0.15) is 11.5 Å². The van der Waals surface area contributed by atoms with Crippen LogP contribution in [-0.2, 0) is 0 Å². The van der Waals surface area contributed by atoms with Gasteiger partial charge in [0.05, 0.1) is 24.6 Å². The van der Waals surface area contributed by atoms with Crippen molar-refractivity contribution in [2.45, 2.75) is 0 Å². The fourth-order valence-corrected chi connectivity index (χ4v) is 2.46. The van der Waals surface area contributed by atoms with Gasteiger partial charge in [-0.25, -0.2) is 4.39 Å². The summed E-state index contributed by atoms with van der Waals surface area (Å²) in [7, 11) is 2.99. The predicted octanol–water partition coefficient (Wildman–Crippen LogP) is 4.30. The molecular formula is C15H11ClFNO3. The van der Waals surface area contributed by atoms with E-state index >= 15 is 0 Å². The number of aromatic nitrogens is 1. The van der Waals surface area contributed by atoms with Crippen LogP contribution in [0.3, 0.4) is 0 Å². The van der Waals surface area contributed by atoms with Crippen molar-refractivity contribution in [3.63, 3.8) is 0 Å². The van der Waals surface area contributed by atoms with E-state index in [4.69, 9.17) is 25.6 Å². The van der Waals surface area contributed by atoms with Gasteiger partial charge in [-0.1, -0.05) is 16.8 Å². The van der Waals surface area contributed by atoms with Crippen molar-refractivity contribution in [2.75, 3.05) is 14.2 Å². The van der Waals surface area contributed by atoms with Gasteiger partial charge in [-0.3, -0.25) is 0 Å². The van der Waals surface area contributed by atoms with Gasteiger partial charge in [0.15, 0.2) is 5.75 Å². The summed E-state index contributed by atoms with van der Waals surface area (Å²) in [5.74, 6) is 0.443. The molecule has 0 spiro atoms. The lowest BCUT2D eigenvalue weighted by Gasteiger charge is -2.09. The highest BCUT2D eigenvalue weighted by molar-refractivity contribution is 6.33. The second kappa shape index (κ2) is 5.26. The first-order valence-electron chi connectivity index (χ1n) is 6.11. The third-order valence-electron chi connectivity index (χ3n) is 3.15. The Morgan fingerprint density at radius 1 is 1.10 bits per heavy atom. The summed E-state index contributed by atoms with van der Waals surface area (Å²) in [5, 5.41) is 5.08. The van der Waals surface area contributed by atoms with Gasteiger partial charge >= 0.3 is 0 Å². The van der Waals surface area contributed by atoms with Gasteiger partial charge < -0.3 is 14.0 Å². The monoisotopic (exact) mass is 307 g/mol. The molecule has 1 heterocycles.